The van der Waals surface area contributed by atoms with Crippen molar-refractivity contribution in [1.29, 1.82) is 0 Å². The lowest BCUT2D eigenvalue weighted by Gasteiger charge is -2.35. The van der Waals surface area contributed by atoms with E-state index in [9.17, 15) is 4.79 Å². The number of hydrogen-bond donors (Lipinski definition) is 1. The van der Waals surface area contributed by atoms with Gasteiger partial charge in [-0.1, -0.05) is 6.92 Å². The zero-order valence-corrected chi connectivity index (χ0v) is 10.8. The van der Waals surface area contributed by atoms with Crippen molar-refractivity contribution in [3.05, 3.63) is 21.9 Å². The summed E-state index contributed by atoms with van der Waals surface area (Å²) in [5, 5.41) is 5.36. The molecule has 16 heavy (non-hydrogen) atoms. The zero-order valence-electron chi connectivity index (χ0n) is 10.0. The van der Waals surface area contributed by atoms with Crippen LogP contribution in [-0.4, -0.2) is 18.9 Å². The van der Waals surface area contributed by atoms with Gasteiger partial charge in [-0.2, -0.15) is 0 Å². The molecule has 2 rings (SSSR count). The molecule has 0 spiro atoms. The first-order valence-electron chi connectivity index (χ1n) is 5.99. The highest BCUT2D eigenvalue weighted by Crippen LogP contribution is 2.38. The Labute approximate surface area is 101 Å². The Bertz CT molecular complexity index is 377. The van der Waals surface area contributed by atoms with Gasteiger partial charge >= 0.3 is 0 Å². The summed E-state index contributed by atoms with van der Waals surface area (Å²) in [6.07, 6.45) is 2.93. The first kappa shape index (κ1) is 11.8. The highest BCUT2D eigenvalue weighted by atomic mass is 32.1. The van der Waals surface area contributed by atoms with E-state index >= 15 is 0 Å². The molecule has 0 aliphatic carbocycles. The normalized spacial score (nSPS) is 19.6. The van der Waals surface area contributed by atoms with Gasteiger partial charge in [-0.15, -0.1) is 11.3 Å². The number of hydrogen-bond acceptors (Lipinski definition) is 3. The maximum absolute atomic E-state index is 12.6. The SMILES string of the molecule is CCC1(C(=O)c2sccc2C)CCNCC1. The van der Waals surface area contributed by atoms with Crippen molar-refractivity contribution in [2.45, 2.75) is 33.1 Å². The van der Waals surface area contributed by atoms with E-state index in [4.69, 9.17) is 0 Å². The summed E-state index contributed by atoms with van der Waals surface area (Å²) < 4.78 is 0. The number of nitrogens with one attached hydrogen (secondary N) is 1. The maximum Gasteiger partial charge on any atom is 0.179 e. The molecule has 88 valence electrons. The van der Waals surface area contributed by atoms with Crippen LogP contribution in [-0.2, 0) is 0 Å². The van der Waals surface area contributed by atoms with E-state index in [-0.39, 0.29) is 5.41 Å². The lowest BCUT2D eigenvalue weighted by molar-refractivity contribution is 0.0722. The Morgan fingerprint density at radius 2 is 2.19 bits per heavy atom. The fourth-order valence-electron chi connectivity index (χ4n) is 2.49. The third kappa shape index (κ3) is 1.94. The van der Waals surface area contributed by atoms with E-state index in [0.717, 1.165) is 42.8 Å². The van der Waals surface area contributed by atoms with Gasteiger partial charge in [0.1, 0.15) is 0 Å². The minimum atomic E-state index is -0.0964. The summed E-state index contributed by atoms with van der Waals surface area (Å²) in [6.45, 7) is 6.13. The molecule has 1 N–H and O–H groups in total. The van der Waals surface area contributed by atoms with Crippen molar-refractivity contribution in [1.82, 2.24) is 5.32 Å². The molecule has 0 saturated carbocycles. The smallest absolute Gasteiger partial charge is 0.179 e. The Balaban J connectivity index is 2.28. The number of carbonyl (C=O) groups is 1. The van der Waals surface area contributed by atoms with Crippen LogP contribution in [0.15, 0.2) is 11.4 Å². The largest absolute Gasteiger partial charge is 0.317 e. The van der Waals surface area contributed by atoms with E-state index in [0.29, 0.717) is 5.78 Å². The summed E-state index contributed by atoms with van der Waals surface area (Å²) in [5.74, 6) is 0.379. The predicted octanol–water partition coefficient (Wildman–Crippen LogP) is 3.02. The molecular weight excluding hydrogens is 218 g/mol. The van der Waals surface area contributed by atoms with Crippen LogP contribution >= 0.6 is 11.3 Å². The fourth-order valence-corrected chi connectivity index (χ4v) is 3.48. The molecule has 1 aromatic rings. The van der Waals surface area contributed by atoms with E-state index in [2.05, 4.69) is 12.2 Å². The summed E-state index contributed by atoms with van der Waals surface area (Å²) in [7, 11) is 0. The van der Waals surface area contributed by atoms with E-state index in [1.807, 2.05) is 18.4 Å². The van der Waals surface area contributed by atoms with E-state index < -0.39 is 0 Å². The zero-order chi connectivity index (χ0) is 11.6. The maximum atomic E-state index is 12.6. The van der Waals surface area contributed by atoms with Gasteiger partial charge in [0, 0.05) is 5.41 Å². The topological polar surface area (TPSA) is 29.1 Å². The molecular formula is C13H19NOS. The standard InChI is InChI=1S/C13H19NOS/c1-3-13(5-7-14-8-6-13)12(15)11-10(2)4-9-16-11/h4,9,14H,3,5-8H2,1-2H3. The third-order valence-electron chi connectivity index (χ3n) is 3.79. The van der Waals surface area contributed by atoms with E-state index in [1.165, 1.54) is 0 Å². The number of ketones is 1. The first-order valence-corrected chi connectivity index (χ1v) is 6.87. The molecule has 1 aromatic heterocycles. The second-order valence-electron chi connectivity index (χ2n) is 4.65. The second-order valence-corrected chi connectivity index (χ2v) is 5.56. The summed E-state index contributed by atoms with van der Waals surface area (Å²) >= 11 is 1.60. The van der Waals surface area contributed by atoms with Crippen molar-refractivity contribution in [3.8, 4) is 0 Å². The highest BCUT2D eigenvalue weighted by molar-refractivity contribution is 7.12. The molecule has 0 aromatic carbocycles. The Morgan fingerprint density at radius 3 is 2.69 bits per heavy atom. The van der Waals surface area contributed by atoms with Gasteiger partial charge in [0.15, 0.2) is 5.78 Å². The number of carbonyl (C=O) groups excluding carboxylic acids is 1. The van der Waals surface area contributed by atoms with Crippen molar-refractivity contribution >= 4 is 17.1 Å². The summed E-state index contributed by atoms with van der Waals surface area (Å²) in [4.78, 5) is 13.6. The van der Waals surface area contributed by atoms with Crippen LogP contribution in [0.3, 0.4) is 0 Å². The lowest BCUT2D eigenvalue weighted by Crippen LogP contribution is -2.41. The average Bonchev–Trinajstić information content (AvgIpc) is 2.75. The molecule has 1 fully saturated rings. The molecule has 0 radical (unpaired) electrons. The number of thiophene rings is 1. The molecule has 0 bridgehead atoms. The number of rotatable bonds is 3. The van der Waals surface area contributed by atoms with Crippen LogP contribution in [0.2, 0.25) is 0 Å². The molecule has 3 heteroatoms. The highest BCUT2D eigenvalue weighted by Gasteiger charge is 2.39. The molecule has 1 saturated heterocycles. The van der Waals surface area contributed by atoms with Gasteiger partial charge in [0.25, 0.3) is 0 Å². The molecule has 0 atom stereocenters. The van der Waals surface area contributed by atoms with Crippen LogP contribution in [0.1, 0.15) is 41.4 Å². The second kappa shape index (κ2) is 4.68. The number of piperidine rings is 1. The number of Topliss-reactive ketones (excluding diaryl/α,β-unsaturated/α-hetero) is 1. The van der Waals surface area contributed by atoms with Gasteiger partial charge in [0.2, 0.25) is 0 Å². The molecule has 2 heterocycles. The molecule has 0 unspecified atom stereocenters. The predicted molar refractivity (Wildman–Crippen MR) is 68.2 cm³/mol. The van der Waals surface area contributed by atoms with Crippen LogP contribution in [0.25, 0.3) is 0 Å². The van der Waals surface area contributed by atoms with Gasteiger partial charge < -0.3 is 5.32 Å². The Kier molecular flexibility index (Phi) is 3.45. The fraction of sp³-hybridized carbons (Fsp3) is 0.615. The van der Waals surface area contributed by atoms with Gasteiger partial charge in [0.05, 0.1) is 4.88 Å². The molecule has 1 aliphatic heterocycles. The average molecular weight is 237 g/mol. The quantitative estimate of drug-likeness (QED) is 0.819. The molecule has 1 aliphatic rings. The van der Waals surface area contributed by atoms with Crippen molar-refractivity contribution in [2.75, 3.05) is 13.1 Å². The number of aryl methyl sites for hydroxylation is 1. The summed E-state index contributed by atoms with van der Waals surface area (Å²) in [5.41, 5.74) is 1.04. The van der Waals surface area contributed by atoms with Gasteiger partial charge in [-0.25, -0.2) is 0 Å². The Morgan fingerprint density at radius 1 is 1.50 bits per heavy atom. The van der Waals surface area contributed by atoms with Gasteiger partial charge in [-0.3, -0.25) is 4.79 Å². The van der Waals surface area contributed by atoms with Crippen molar-refractivity contribution in [3.63, 3.8) is 0 Å². The lowest BCUT2D eigenvalue weighted by atomic mass is 9.72. The van der Waals surface area contributed by atoms with Crippen molar-refractivity contribution < 1.29 is 4.79 Å². The van der Waals surface area contributed by atoms with Gasteiger partial charge in [-0.05, 0) is 56.3 Å². The third-order valence-corrected chi connectivity index (χ3v) is 4.80. The minimum absolute atomic E-state index is 0.0964. The monoisotopic (exact) mass is 237 g/mol. The van der Waals surface area contributed by atoms with Crippen LogP contribution in [0.4, 0.5) is 0 Å². The van der Waals surface area contributed by atoms with Crippen LogP contribution in [0.5, 0.6) is 0 Å². The molecule has 0 amide bonds. The van der Waals surface area contributed by atoms with E-state index in [1.54, 1.807) is 11.3 Å². The Hall–Kier alpha value is -0.670. The van der Waals surface area contributed by atoms with Crippen molar-refractivity contribution in [2.24, 2.45) is 5.41 Å². The first-order chi connectivity index (χ1) is 7.69. The minimum Gasteiger partial charge on any atom is -0.317 e. The van der Waals surface area contributed by atoms with Crippen LogP contribution < -0.4 is 5.32 Å². The summed E-state index contributed by atoms with van der Waals surface area (Å²) in [6, 6.07) is 2.04. The molecule has 2 nitrogen and oxygen atoms in total. The van der Waals surface area contributed by atoms with Crippen LogP contribution in [0, 0.1) is 12.3 Å².